The van der Waals surface area contributed by atoms with Crippen LogP contribution in [0.4, 0.5) is 0 Å². The molecule has 0 fully saturated rings. The number of aliphatic hydroxyl groups excluding tert-OH is 1. The van der Waals surface area contributed by atoms with Gasteiger partial charge in [-0.25, -0.2) is 0 Å². The van der Waals surface area contributed by atoms with Gasteiger partial charge in [-0.1, -0.05) is 86.8 Å². The second kappa shape index (κ2) is 20.8. The van der Waals surface area contributed by atoms with Crippen LogP contribution in [0.2, 0.25) is 0 Å². The van der Waals surface area contributed by atoms with E-state index < -0.39 is 0 Å². The monoisotopic (exact) mass is 360 g/mol. The number of thioether (sulfide) groups is 1. The Bertz CT molecular complexity index is 441. The fourth-order valence-electron chi connectivity index (χ4n) is 1.99. The summed E-state index contributed by atoms with van der Waals surface area (Å²) in [6.07, 6.45) is 33.1. The molecule has 0 aromatic heterocycles. The Morgan fingerprint density at radius 1 is 0.600 bits per heavy atom. The average molecular weight is 361 g/mol. The normalized spacial score (nSPS) is 14.5. The molecule has 0 aromatic rings. The summed E-state index contributed by atoms with van der Waals surface area (Å²) in [5.41, 5.74) is -0.255. The molecule has 0 rings (SSSR count). The SMILES string of the molecule is CCC=CCC=CCC=CCC=CCC=CCC=CCC(O)SCC. The van der Waals surface area contributed by atoms with Crippen molar-refractivity contribution in [3.63, 3.8) is 0 Å². The highest BCUT2D eigenvalue weighted by Crippen LogP contribution is 2.11. The summed E-state index contributed by atoms with van der Waals surface area (Å²) in [6, 6.07) is 0. The Balaban J connectivity index is 3.54. The van der Waals surface area contributed by atoms with Crippen molar-refractivity contribution in [2.24, 2.45) is 0 Å². The van der Waals surface area contributed by atoms with Gasteiger partial charge >= 0.3 is 0 Å². The van der Waals surface area contributed by atoms with E-state index in [1.807, 2.05) is 0 Å². The van der Waals surface area contributed by atoms with Crippen LogP contribution in [0, 0.1) is 0 Å². The maximum atomic E-state index is 9.56. The highest BCUT2D eigenvalue weighted by atomic mass is 32.2. The van der Waals surface area contributed by atoms with Crippen LogP contribution in [-0.2, 0) is 0 Å². The first-order chi connectivity index (χ1) is 12.3. The molecule has 0 saturated heterocycles. The van der Waals surface area contributed by atoms with Gasteiger partial charge in [-0.3, -0.25) is 0 Å². The third kappa shape index (κ3) is 20.7. The molecule has 0 amide bonds. The molecule has 0 spiro atoms. The third-order valence-corrected chi connectivity index (χ3v) is 4.20. The fourth-order valence-corrected chi connectivity index (χ4v) is 2.63. The van der Waals surface area contributed by atoms with Crippen LogP contribution in [0.25, 0.3) is 0 Å². The average Bonchev–Trinajstić information content (AvgIpc) is 2.61. The largest absolute Gasteiger partial charge is 0.382 e. The van der Waals surface area contributed by atoms with Crippen molar-refractivity contribution in [3.8, 4) is 0 Å². The lowest BCUT2D eigenvalue weighted by Crippen LogP contribution is -1.98. The smallest absolute Gasteiger partial charge is 0.103 e. The van der Waals surface area contributed by atoms with Crippen molar-refractivity contribution in [1.29, 1.82) is 0 Å². The molecule has 0 saturated carbocycles. The number of hydrogen-bond acceptors (Lipinski definition) is 2. The molecule has 2 heteroatoms. The summed E-state index contributed by atoms with van der Waals surface area (Å²) in [5, 5.41) is 9.56. The van der Waals surface area contributed by atoms with Gasteiger partial charge in [-0.05, 0) is 44.3 Å². The van der Waals surface area contributed by atoms with Crippen molar-refractivity contribution < 1.29 is 5.11 Å². The Labute approximate surface area is 160 Å². The van der Waals surface area contributed by atoms with Crippen LogP contribution in [0.15, 0.2) is 72.9 Å². The lowest BCUT2D eigenvalue weighted by molar-refractivity contribution is 0.267. The lowest BCUT2D eigenvalue weighted by Gasteiger charge is -2.03. The van der Waals surface area contributed by atoms with Gasteiger partial charge in [0, 0.05) is 6.42 Å². The molecule has 0 bridgehead atoms. The predicted molar refractivity (Wildman–Crippen MR) is 117 cm³/mol. The Hall–Kier alpha value is -1.25. The van der Waals surface area contributed by atoms with Crippen molar-refractivity contribution in [3.05, 3.63) is 72.9 Å². The van der Waals surface area contributed by atoms with E-state index in [0.29, 0.717) is 0 Å². The molecule has 1 nitrogen and oxygen atoms in total. The summed E-state index contributed by atoms with van der Waals surface area (Å²) >= 11 is 1.59. The second-order valence-corrected chi connectivity index (χ2v) is 7.02. The molecule has 1 unspecified atom stereocenters. The van der Waals surface area contributed by atoms with Crippen LogP contribution in [0.5, 0.6) is 0 Å². The predicted octanol–water partition coefficient (Wildman–Crippen LogP) is 7.15. The maximum absolute atomic E-state index is 9.56. The van der Waals surface area contributed by atoms with E-state index in [-0.39, 0.29) is 5.44 Å². The van der Waals surface area contributed by atoms with Gasteiger partial charge in [0.2, 0.25) is 0 Å². The molecule has 140 valence electrons. The number of aliphatic hydroxyl groups is 1. The summed E-state index contributed by atoms with van der Waals surface area (Å²) in [6.45, 7) is 4.22. The standard InChI is InChI=1S/C23H36OS/c1-3-5-6-7-8-9-10-11-12-13-14-15-16-17-18-19-20-21-22-23(24)25-4-2/h5-6,8-9,11-12,14-15,17-18,20-21,23-24H,3-4,7,10,13,16,19,22H2,1-2H3. The molecule has 25 heavy (non-hydrogen) atoms. The van der Waals surface area contributed by atoms with Gasteiger partial charge < -0.3 is 5.11 Å². The molecule has 0 aliphatic rings. The highest BCUT2D eigenvalue weighted by molar-refractivity contribution is 7.99. The number of hydrogen-bond donors (Lipinski definition) is 1. The Morgan fingerprint density at radius 2 is 0.960 bits per heavy atom. The molecule has 0 aliphatic carbocycles. The summed E-state index contributed by atoms with van der Waals surface area (Å²) < 4.78 is 0. The summed E-state index contributed by atoms with van der Waals surface area (Å²) in [5.74, 6) is 0.962. The zero-order valence-corrected chi connectivity index (χ0v) is 16.8. The molecule has 0 heterocycles. The van der Waals surface area contributed by atoms with Crippen LogP contribution in [0.1, 0.15) is 58.8 Å². The molecular weight excluding hydrogens is 324 g/mol. The van der Waals surface area contributed by atoms with Gasteiger partial charge in [0.05, 0.1) is 0 Å². The van der Waals surface area contributed by atoms with Crippen molar-refractivity contribution in [2.45, 2.75) is 64.2 Å². The minimum Gasteiger partial charge on any atom is -0.382 e. The van der Waals surface area contributed by atoms with E-state index >= 15 is 0 Å². The number of rotatable bonds is 15. The second-order valence-electron chi connectivity index (χ2n) is 5.56. The van der Waals surface area contributed by atoms with E-state index in [9.17, 15) is 5.11 Å². The summed E-state index contributed by atoms with van der Waals surface area (Å²) in [4.78, 5) is 0. The quantitative estimate of drug-likeness (QED) is 0.247. The van der Waals surface area contributed by atoms with Crippen LogP contribution < -0.4 is 0 Å². The first-order valence-corrected chi connectivity index (χ1v) is 10.6. The minimum absolute atomic E-state index is 0.255. The third-order valence-electron chi connectivity index (χ3n) is 3.29. The van der Waals surface area contributed by atoms with Gasteiger partial charge in [-0.15, -0.1) is 11.8 Å². The van der Waals surface area contributed by atoms with Gasteiger partial charge in [-0.2, -0.15) is 0 Å². The summed E-state index contributed by atoms with van der Waals surface area (Å²) in [7, 11) is 0. The number of allylic oxidation sites excluding steroid dienone is 11. The van der Waals surface area contributed by atoms with E-state index in [2.05, 4.69) is 86.8 Å². The van der Waals surface area contributed by atoms with E-state index in [0.717, 1.165) is 50.7 Å². The van der Waals surface area contributed by atoms with Crippen molar-refractivity contribution in [2.75, 3.05) is 5.75 Å². The molecule has 1 N–H and O–H groups in total. The Kier molecular flexibility index (Phi) is 19.8. The first-order valence-electron chi connectivity index (χ1n) is 9.50. The molecule has 1 atom stereocenters. The molecule has 0 aromatic carbocycles. The van der Waals surface area contributed by atoms with Crippen LogP contribution in [0.3, 0.4) is 0 Å². The van der Waals surface area contributed by atoms with Crippen molar-refractivity contribution in [1.82, 2.24) is 0 Å². The van der Waals surface area contributed by atoms with Crippen LogP contribution in [-0.4, -0.2) is 16.3 Å². The van der Waals surface area contributed by atoms with Gasteiger partial charge in [0.15, 0.2) is 0 Å². The zero-order valence-electron chi connectivity index (χ0n) is 16.0. The molecule has 0 radical (unpaired) electrons. The fraction of sp³-hybridized carbons (Fsp3) is 0.478. The molecule has 0 aliphatic heterocycles. The lowest BCUT2D eigenvalue weighted by atomic mass is 10.2. The zero-order chi connectivity index (χ0) is 18.4. The topological polar surface area (TPSA) is 20.2 Å². The van der Waals surface area contributed by atoms with Crippen LogP contribution >= 0.6 is 11.8 Å². The molecular formula is C23H36OS. The Morgan fingerprint density at radius 3 is 1.32 bits per heavy atom. The van der Waals surface area contributed by atoms with Gasteiger partial charge in [0.25, 0.3) is 0 Å². The van der Waals surface area contributed by atoms with Gasteiger partial charge in [0.1, 0.15) is 5.44 Å². The first kappa shape index (κ1) is 23.8. The van der Waals surface area contributed by atoms with Crippen molar-refractivity contribution >= 4 is 11.8 Å². The van der Waals surface area contributed by atoms with E-state index in [1.165, 1.54) is 0 Å². The maximum Gasteiger partial charge on any atom is 0.103 e. The highest BCUT2D eigenvalue weighted by Gasteiger charge is 1.97. The van der Waals surface area contributed by atoms with E-state index in [4.69, 9.17) is 0 Å². The van der Waals surface area contributed by atoms with E-state index in [1.54, 1.807) is 11.8 Å². The minimum atomic E-state index is -0.255.